The summed E-state index contributed by atoms with van der Waals surface area (Å²) in [6.45, 7) is 0. The van der Waals surface area contributed by atoms with E-state index in [4.69, 9.17) is 23.2 Å². The zero-order valence-electron chi connectivity index (χ0n) is 11.2. The minimum atomic E-state index is 0.322. The predicted octanol–water partition coefficient (Wildman–Crippen LogP) is 5.72. The Bertz CT molecular complexity index is 804. The molecule has 3 nitrogen and oxygen atoms in total. The van der Waals surface area contributed by atoms with Gasteiger partial charge in [-0.25, -0.2) is 9.97 Å². The summed E-state index contributed by atoms with van der Waals surface area (Å²) in [5.41, 5.74) is 2.04. The first-order valence-corrected chi connectivity index (χ1v) is 8.16. The van der Waals surface area contributed by atoms with Crippen molar-refractivity contribution in [3.8, 4) is 0 Å². The van der Waals surface area contributed by atoms with Crippen molar-refractivity contribution in [2.75, 3.05) is 4.90 Å². The van der Waals surface area contributed by atoms with Gasteiger partial charge in [-0.1, -0.05) is 59.2 Å². The summed E-state index contributed by atoms with van der Waals surface area (Å²) >= 11 is 13.8. The van der Waals surface area contributed by atoms with Crippen molar-refractivity contribution >= 4 is 52.3 Å². The molecule has 2 heterocycles. The van der Waals surface area contributed by atoms with Crippen LogP contribution in [0, 0.1) is 0 Å². The van der Waals surface area contributed by atoms with Crippen LogP contribution in [0.5, 0.6) is 0 Å². The number of halogens is 2. The first-order chi connectivity index (χ1) is 10.7. The number of nitrogens with zero attached hydrogens (tertiary/aromatic N) is 3. The van der Waals surface area contributed by atoms with Gasteiger partial charge in [0.15, 0.2) is 0 Å². The summed E-state index contributed by atoms with van der Waals surface area (Å²) in [5.74, 6) is 0.470. The van der Waals surface area contributed by atoms with Crippen molar-refractivity contribution in [3.05, 3.63) is 64.9 Å². The molecule has 22 heavy (non-hydrogen) atoms. The smallest absolute Gasteiger partial charge is 0.237 e. The van der Waals surface area contributed by atoms with Crippen LogP contribution < -0.4 is 4.90 Å². The number of aromatic nitrogens is 2. The minimum absolute atomic E-state index is 0.322. The van der Waals surface area contributed by atoms with Gasteiger partial charge in [-0.3, -0.25) is 4.90 Å². The molecule has 1 aliphatic heterocycles. The second-order valence-corrected chi connectivity index (χ2v) is 6.54. The highest BCUT2D eigenvalue weighted by Crippen LogP contribution is 2.50. The lowest BCUT2D eigenvalue weighted by molar-refractivity contribution is 1.04. The topological polar surface area (TPSA) is 29.0 Å². The van der Waals surface area contributed by atoms with Crippen LogP contribution in [0.25, 0.3) is 0 Å². The number of hydrogen-bond donors (Lipinski definition) is 0. The monoisotopic (exact) mass is 345 g/mol. The molecule has 0 saturated heterocycles. The maximum atomic E-state index is 6.06. The molecule has 0 spiro atoms. The van der Waals surface area contributed by atoms with Crippen LogP contribution in [0.3, 0.4) is 0 Å². The molecule has 2 aromatic carbocycles. The third-order valence-corrected chi connectivity index (χ3v) is 4.80. The van der Waals surface area contributed by atoms with Crippen molar-refractivity contribution in [2.45, 2.75) is 9.79 Å². The molecule has 3 aromatic rings. The summed E-state index contributed by atoms with van der Waals surface area (Å²) in [5, 5.41) is 0.645. The standard InChI is InChI=1S/C16H9Cl2N3S/c17-14-9-15(18)20-16(19-14)21-10-5-1-3-7-12(10)22-13-8-4-2-6-11(13)21/h1-9H. The fraction of sp³-hybridized carbons (Fsp3) is 0. The summed E-state index contributed by atoms with van der Waals surface area (Å²) in [6, 6.07) is 17.8. The van der Waals surface area contributed by atoms with Gasteiger partial charge in [0.25, 0.3) is 0 Å². The molecule has 108 valence electrons. The number of para-hydroxylation sites is 2. The highest BCUT2D eigenvalue weighted by atomic mass is 35.5. The van der Waals surface area contributed by atoms with Crippen molar-refractivity contribution < 1.29 is 0 Å². The van der Waals surface area contributed by atoms with Gasteiger partial charge in [0.1, 0.15) is 10.3 Å². The third-order valence-electron chi connectivity index (χ3n) is 3.28. The van der Waals surface area contributed by atoms with Gasteiger partial charge in [-0.2, -0.15) is 0 Å². The lowest BCUT2D eigenvalue weighted by Gasteiger charge is -2.30. The number of fused-ring (bicyclic) bond motifs is 2. The second-order valence-electron chi connectivity index (χ2n) is 4.69. The molecule has 0 radical (unpaired) electrons. The van der Waals surface area contributed by atoms with Crippen LogP contribution in [0.4, 0.5) is 17.3 Å². The molecular formula is C16H9Cl2N3S. The van der Waals surface area contributed by atoms with Gasteiger partial charge in [-0.15, -0.1) is 0 Å². The Balaban J connectivity index is 1.98. The predicted molar refractivity (Wildman–Crippen MR) is 90.9 cm³/mol. The molecule has 1 aliphatic rings. The summed E-state index contributed by atoms with van der Waals surface area (Å²) < 4.78 is 0. The molecule has 1 aromatic heterocycles. The van der Waals surface area contributed by atoms with Gasteiger partial charge < -0.3 is 0 Å². The number of rotatable bonds is 1. The number of anilines is 3. The molecule has 6 heteroatoms. The first kappa shape index (κ1) is 13.9. The van der Waals surface area contributed by atoms with Crippen molar-refractivity contribution in [1.29, 1.82) is 0 Å². The van der Waals surface area contributed by atoms with Gasteiger partial charge in [-0.05, 0) is 24.3 Å². The molecule has 0 bridgehead atoms. The molecule has 0 saturated carbocycles. The summed E-state index contributed by atoms with van der Waals surface area (Å²) in [7, 11) is 0. The first-order valence-electron chi connectivity index (χ1n) is 6.58. The summed E-state index contributed by atoms with van der Waals surface area (Å²) in [6.07, 6.45) is 0. The van der Waals surface area contributed by atoms with Crippen LogP contribution in [0.1, 0.15) is 0 Å². The highest BCUT2D eigenvalue weighted by molar-refractivity contribution is 7.99. The van der Waals surface area contributed by atoms with E-state index in [1.54, 1.807) is 11.8 Å². The highest BCUT2D eigenvalue weighted by Gasteiger charge is 2.26. The van der Waals surface area contributed by atoms with E-state index in [0.717, 1.165) is 21.2 Å². The van der Waals surface area contributed by atoms with Gasteiger partial charge in [0.2, 0.25) is 5.95 Å². The average Bonchev–Trinajstić information content (AvgIpc) is 2.51. The number of benzene rings is 2. The van der Waals surface area contributed by atoms with E-state index in [-0.39, 0.29) is 0 Å². The maximum absolute atomic E-state index is 6.06. The quantitative estimate of drug-likeness (QED) is 0.412. The Labute approximate surface area is 141 Å². The Kier molecular flexibility index (Phi) is 3.45. The zero-order chi connectivity index (χ0) is 15.1. The van der Waals surface area contributed by atoms with Gasteiger partial charge in [0.05, 0.1) is 11.4 Å². The third kappa shape index (κ3) is 2.33. The summed E-state index contributed by atoms with van der Waals surface area (Å²) in [4.78, 5) is 12.9. The van der Waals surface area contributed by atoms with Crippen LogP contribution in [-0.2, 0) is 0 Å². The van der Waals surface area contributed by atoms with E-state index in [0.29, 0.717) is 16.3 Å². The van der Waals surface area contributed by atoms with E-state index in [2.05, 4.69) is 22.1 Å². The van der Waals surface area contributed by atoms with E-state index >= 15 is 0 Å². The molecule has 4 rings (SSSR count). The molecule has 0 amide bonds. The lowest BCUT2D eigenvalue weighted by Crippen LogP contribution is -2.17. The van der Waals surface area contributed by atoms with Gasteiger partial charge >= 0.3 is 0 Å². The number of hydrogen-bond acceptors (Lipinski definition) is 4. The fourth-order valence-electron chi connectivity index (χ4n) is 2.40. The van der Waals surface area contributed by atoms with E-state index in [9.17, 15) is 0 Å². The molecule has 0 N–H and O–H groups in total. The largest absolute Gasteiger partial charge is 0.277 e. The molecule has 0 unspecified atom stereocenters. The normalized spacial score (nSPS) is 12.7. The fourth-order valence-corrected chi connectivity index (χ4v) is 3.87. The van der Waals surface area contributed by atoms with Crippen molar-refractivity contribution in [2.24, 2.45) is 0 Å². The maximum Gasteiger partial charge on any atom is 0.237 e. The average molecular weight is 346 g/mol. The van der Waals surface area contributed by atoms with Gasteiger partial charge in [0, 0.05) is 15.9 Å². The molecular weight excluding hydrogens is 337 g/mol. The second kappa shape index (κ2) is 5.47. The minimum Gasteiger partial charge on any atom is -0.277 e. The van der Waals surface area contributed by atoms with Crippen LogP contribution >= 0.6 is 35.0 Å². The molecule has 0 fully saturated rings. The molecule has 0 aliphatic carbocycles. The lowest BCUT2D eigenvalue weighted by atomic mass is 10.2. The van der Waals surface area contributed by atoms with E-state index < -0.39 is 0 Å². The Morgan fingerprint density at radius 2 is 1.27 bits per heavy atom. The zero-order valence-corrected chi connectivity index (χ0v) is 13.5. The Hall–Kier alpha value is -1.75. The molecule has 0 atom stereocenters. The Morgan fingerprint density at radius 1 is 0.773 bits per heavy atom. The SMILES string of the molecule is Clc1cc(Cl)nc(N2c3ccccc3Sc3ccccc32)n1. The van der Waals surface area contributed by atoms with Crippen LogP contribution in [-0.4, -0.2) is 9.97 Å². The van der Waals surface area contributed by atoms with Crippen molar-refractivity contribution in [1.82, 2.24) is 9.97 Å². The van der Waals surface area contributed by atoms with Crippen LogP contribution in [0.15, 0.2) is 64.4 Å². The van der Waals surface area contributed by atoms with E-state index in [1.807, 2.05) is 41.3 Å². The van der Waals surface area contributed by atoms with Crippen LogP contribution in [0.2, 0.25) is 10.3 Å². The van der Waals surface area contributed by atoms with E-state index in [1.165, 1.54) is 6.07 Å². The van der Waals surface area contributed by atoms with Crippen molar-refractivity contribution in [3.63, 3.8) is 0 Å². The Morgan fingerprint density at radius 3 is 1.82 bits per heavy atom.